The van der Waals surface area contributed by atoms with Crippen molar-refractivity contribution < 1.29 is 0 Å². The minimum absolute atomic E-state index is 0.136. The molecule has 2 heterocycles. The second-order valence-corrected chi connectivity index (χ2v) is 6.86. The van der Waals surface area contributed by atoms with Crippen LogP contribution in [0.4, 0.5) is 0 Å². The molecule has 2 aliphatic rings. The molecule has 0 atom stereocenters. The van der Waals surface area contributed by atoms with Gasteiger partial charge in [-0.05, 0) is 43.2 Å². The van der Waals surface area contributed by atoms with E-state index in [1.807, 2.05) is 26.0 Å². The molecule has 0 spiro atoms. The Morgan fingerprint density at radius 2 is 1.82 bits per heavy atom. The van der Waals surface area contributed by atoms with Gasteiger partial charge in [0, 0.05) is 27.1 Å². The Labute approximate surface area is 144 Å². The smallest absolute Gasteiger partial charge is 0.253 e. The molecule has 1 N–H and O–H groups in total. The molecule has 112 valence electrons. The number of nitrogens with one attached hydrogen (secondary N) is 1. The van der Waals surface area contributed by atoms with E-state index in [4.69, 9.17) is 0 Å². The van der Waals surface area contributed by atoms with Crippen LogP contribution in [0.3, 0.4) is 0 Å². The minimum Gasteiger partial charge on any atom is -0.329 e. The van der Waals surface area contributed by atoms with Crippen LogP contribution in [0.15, 0.2) is 38.1 Å². The van der Waals surface area contributed by atoms with E-state index in [2.05, 4.69) is 46.8 Å². The third-order valence-electron chi connectivity index (χ3n) is 3.54. The van der Waals surface area contributed by atoms with Crippen molar-refractivity contribution >= 4 is 31.9 Å². The molecule has 0 aromatic heterocycles. The fourth-order valence-corrected chi connectivity index (χ4v) is 3.65. The van der Waals surface area contributed by atoms with E-state index in [0.29, 0.717) is 23.5 Å². The van der Waals surface area contributed by atoms with Crippen LogP contribution in [0.5, 0.6) is 0 Å². The predicted molar refractivity (Wildman–Crippen MR) is 93.4 cm³/mol. The van der Waals surface area contributed by atoms with Gasteiger partial charge in [0.1, 0.15) is 5.82 Å². The Balaban J connectivity index is 2.14. The molecular formula is C16H13Br2N3O. The van der Waals surface area contributed by atoms with Crippen molar-refractivity contribution in [3.8, 4) is 11.4 Å². The molecule has 4 nitrogen and oxygen atoms in total. The lowest BCUT2D eigenvalue weighted by Gasteiger charge is -2.07. The molecule has 1 aromatic rings. The molecule has 3 rings (SSSR count). The normalized spacial score (nSPS) is 11.1. The highest BCUT2D eigenvalue weighted by atomic mass is 79.9. The van der Waals surface area contributed by atoms with Crippen LogP contribution >= 0.6 is 31.9 Å². The molecular weight excluding hydrogens is 410 g/mol. The summed E-state index contributed by atoms with van der Waals surface area (Å²) in [7, 11) is 0. The van der Waals surface area contributed by atoms with Crippen LogP contribution in [-0.4, -0.2) is 15.0 Å². The minimum atomic E-state index is -0.136. The number of hydrogen-bond donors (Lipinski definition) is 1. The summed E-state index contributed by atoms with van der Waals surface area (Å²) in [5.74, 6) is 0.674. The summed E-state index contributed by atoms with van der Waals surface area (Å²) in [6.07, 6.45) is 2.11. The SMILES string of the molecule is Cc1nc2cc[nH]c(=O)c(Cc3cc(Br)c(C)c(Br)c3)c-2n1. The molecule has 0 aliphatic carbocycles. The quantitative estimate of drug-likeness (QED) is 0.678. The van der Waals surface area contributed by atoms with Crippen molar-refractivity contribution in [2.45, 2.75) is 20.3 Å². The van der Waals surface area contributed by atoms with Crippen LogP contribution in [0.1, 0.15) is 22.5 Å². The molecule has 0 unspecified atom stereocenters. The van der Waals surface area contributed by atoms with E-state index < -0.39 is 0 Å². The Morgan fingerprint density at radius 3 is 2.50 bits per heavy atom. The highest BCUT2D eigenvalue weighted by Crippen LogP contribution is 2.28. The number of H-pyrrole nitrogens is 1. The Morgan fingerprint density at radius 1 is 1.14 bits per heavy atom. The van der Waals surface area contributed by atoms with Gasteiger partial charge in [0.25, 0.3) is 5.56 Å². The van der Waals surface area contributed by atoms with E-state index in [-0.39, 0.29) is 5.56 Å². The van der Waals surface area contributed by atoms with Crippen LogP contribution in [0, 0.1) is 13.8 Å². The van der Waals surface area contributed by atoms with E-state index in [0.717, 1.165) is 25.8 Å². The number of hydrogen-bond acceptors (Lipinski definition) is 3. The first-order valence-corrected chi connectivity index (χ1v) is 8.34. The lowest BCUT2D eigenvalue weighted by molar-refractivity contribution is 1.09. The number of halogens is 2. The van der Waals surface area contributed by atoms with Crippen molar-refractivity contribution in [3.63, 3.8) is 0 Å². The van der Waals surface area contributed by atoms with Gasteiger partial charge >= 0.3 is 0 Å². The average molecular weight is 423 g/mol. The first-order valence-electron chi connectivity index (χ1n) is 6.75. The monoisotopic (exact) mass is 421 g/mol. The zero-order valence-electron chi connectivity index (χ0n) is 12.1. The Bertz CT molecular complexity index is 866. The number of nitrogens with zero attached hydrogens (tertiary/aromatic N) is 2. The molecule has 0 saturated heterocycles. The molecule has 0 fully saturated rings. The summed E-state index contributed by atoms with van der Waals surface area (Å²) in [6.45, 7) is 3.86. The average Bonchev–Trinajstić information content (AvgIpc) is 2.76. The second kappa shape index (κ2) is 5.93. The highest BCUT2D eigenvalue weighted by molar-refractivity contribution is 9.11. The lowest BCUT2D eigenvalue weighted by Crippen LogP contribution is -2.11. The van der Waals surface area contributed by atoms with E-state index in [1.54, 1.807) is 12.3 Å². The van der Waals surface area contributed by atoms with Gasteiger partial charge in [-0.2, -0.15) is 0 Å². The van der Waals surface area contributed by atoms with Gasteiger partial charge < -0.3 is 4.98 Å². The number of aromatic amines is 1. The van der Waals surface area contributed by atoms with Gasteiger partial charge in [-0.3, -0.25) is 4.79 Å². The molecule has 1 aromatic carbocycles. The maximum Gasteiger partial charge on any atom is 0.253 e. The topological polar surface area (TPSA) is 58.6 Å². The van der Waals surface area contributed by atoms with E-state index in [9.17, 15) is 4.79 Å². The summed E-state index contributed by atoms with van der Waals surface area (Å²) in [4.78, 5) is 23.9. The standard InChI is InChI=1S/C16H13Br2N3O/c1-8-12(17)6-10(7-13(8)18)5-11-15-14(20-9(2)21-15)3-4-19-16(11)22/h3-4,6-7H,5H2,1-2H3,(H,19,22). The van der Waals surface area contributed by atoms with E-state index in [1.165, 1.54) is 0 Å². The zero-order chi connectivity index (χ0) is 15.9. The Hall–Kier alpha value is -1.53. The summed E-state index contributed by atoms with van der Waals surface area (Å²) in [6, 6.07) is 5.84. The van der Waals surface area contributed by atoms with Crippen LogP contribution in [-0.2, 0) is 6.42 Å². The van der Waals surface area contributed by atoms with Gasteiger partial charge in [0.2, 0.25) is 0 Å². The number of fused-ring (bicyclic) bond motifs is 1. The summed E-state index contributed by atoms with van der Waals surface area (Å²) in [5.41, 5.74) is 4.05. The van der Waals surface area contributed by atoms with Gasteiger partial charge in [-0.15, -0.1) is 0 Å². The maximum absolute atomic E-state index is 12.3. The van der Waals surface area contributed by atoms with Crippen molar-refractivity contribution in [2.24, 2.45) is 0 Å². The molecule has 0 bridgehead atoms. The van der Waals surface area contributed by atoms with Gasteiger partial charge in [-0.25, -0.2) is 9.97 Å². The van der Waals surface area contributed by atoms with Gasteiger partial charge in [0.15, 0.2) is 0 Å². The fourth-order valence-electron chi connectivity index (χ4n) is 2.37. The number of aromatic nitrogens is 3. The lowest BCUT2D eigenvalue weighted by atomic mass is 10.0. The van der Waals surface area contributed by atoms with Crippen LogP contribution in [0.2, 0.25) is 0 Å². The van der Waals surface area contributed by atoms with Crippen molar-refractivity contribution in [3.05, 3.63) is 66.2 Å². The molecule has 22 heavy (non-hydrogen) atoms. The zero-order valence-corrected chi connectivity index (χ0v) is 15.2. The van der Waals surface area contributed by atoms with Crippen molar-refractivity contribution in [2.75, 3.05) is 0 Å². The third-order valence-corrected chi connectivity index (χ3v) is 5.18. The first-order chi connectivity index (χ1) is 10.5. The van der Waals surface area contributed by atoms with Gasteiger partial charge in [-0.1, -0.05) is 31.9 Å². The maximum atomic E-state index is 12.3. The number of imidazole rings is 1. The van der Waals surface area contributed by atoms with Crippen LogP contribution < -0.4 is 5.56 Å². The number of benzene rings is 1. The van der Waals surface area contributed by atoms with Crippen molar-refractivity contribution in [1.29, 1.82) is 0 Å². The van der Waals surface area contributed by atoms with Gasteiger partial charge in [0.05, 0.1) is 11.4 Å². The second-order valence-electron chi connectivity index (χ2n) is 5.15. The predicted octanol–water partition coefficient (Wildman–Crippen LogP) is 4.00. The molecule has 0 saturated carbocycles. The first kappa shape index (κ1) is 15.4. The molecule has 0 amide bonds. The van der Waals surface area contributed by atoms with Crippen LogP contribution in [0.25, 0.3) is 11.4 Å². The molecule has 6 heteroatoms. The largest absolute Gasteiger partial charge is 0.329 e. The number of rotatable bonds is 2. The highest BCUT2D eigenvalue weighted by Gasteiger charge is 2.16. The van der Waals surface area contributed by atoms with Crippen molar-refractivity contribution in [1.82, 2.24) is 15.0 Å². The fraction of sp³-hybridized carbons (Fsp3) is 0.188. The van der Waals surface area contributed by atoms with E-state index >= 15 is 0 Å². The molecule has 0 radical (unpaired) electrons. The molecule has 2 aliphatic heterocycles. The number of aryl methyl sites for hydroxylation is 1. The Kier molecular flexibility index (Phi) is 4.14. The summed E-state index contributed by atoms with van der Waals surface area (Å²) < 4.78 is 2.02. The summed E-state index contributed by atoms with van der Waals surface area (Å²) >= 11 is 7.10. The summed E-state index contributed by atoms with van der Waals surface area (Å²) in [5, 5.41) is 0. The third kappa shape index (κ3) is 2.85.